The van der Waals surface area contributed by atoms with E-state index >= 15 is 0 Å². The zero-order valence-corrected chi connectivity index (χ0v) is 9.25. The number of aliphatic hydroxyl groups excluding tert-OH is 1. The molecule has 1 heterocycles. The standard InChI is InChI=1S/C11H11NO6/c13-4-7(11(15)16)12-10(14)6-1-2-8-9(3-6)18-5-17-8/h1-3,7,13H,4-5H2,(H,12,14)(H,15,16). The Morgan fingerprint density at radius 1 is 1.33 bits per heavy atom. The molecule has 0 aliphatic carbocycles. The summed E-state index contributed by atoms with van der Waals surface area (Å²) in [4.78, 5) is 22.4. The smallest absolute Gasteiger partial charge is 0.328 e. The van der Waals surface area contributed by atoms with Crippen LogP contribution in [0.4, 0.5) is 0 Å². The van der Waals surface area contributed by atoms with Crippen molar-refractivity contribution >= 4 is 11.9 Å². The van der Waals surface area contributed by atoms with Crippen LogP contribution in [0.15, 0.2) is 18.2 Å². The van der Waals surface area contributed by atoms with Crippen LogP contribution in [0.2, 0.25) is 0 Å². The summed E-state index contributed by atoms with van der Waals surface area (Å²) >= 11 is 0. The van der Waals surface area contributed by atoms with E-state index in [4.69, 9.17) is 19.7 Å². The predicted octanol–water partition coefficient (Wildman–Crippen LogP) is -0.409. The van der Waals surface area contributed by atoms with Crippen molar-refractivity contribution in [3.05, 3.63) is 23.8 Å². The van der Waals surface area contributed by atoms with E-state index in [1.54, 1.807) is 6.07 Å². The van der Waals surface area contributed by atoms with Gasteiger partial charge >= 0.3 is 5.97 Å². The van der Waals surface area contributed by atoms with Crippen LogP contribution in [-0.4, -0.2) is 41.5 Å². The summed E-state index contributed by atoms with van der Waals surface area (Å²) in [5, 5.41) is 19.7. The van der Waals surface area contributed by atoms with Crippen molar-refractivity contribution in [2.24, 2.45) is 0 Å². The van der Waals surface area contributed by atoms with Crippen molar-refractivity contribution in [1.82, 2.24) is 5.32 Å². The van der Waals surface area contributed by atoms with Crippen LogP contribution in [0.1, 0.15) is 10.4 Å². The van der Waals surface area contributed by atoms with Crippen molar-refractivity contribution in [3.63, 3.8) is 0 Å². The molecular weight excluding hydrogens is 242 g/mol. The molecule has 1 aliphatic heterocycles. The third kappa shape index (κ3) is 2.35. The second-order valence-electron chi connectivity index (χ2n) is 3.61. The van der Waals surface area contributed by atoms with E-state index in [0.717, 1.165) is 0 Å². The van der Waals surface area contributed by atoms with E-state index in [-0.39, 0.29) is 12.4 Å². The largest absolute Gasteiger partial charge is 0.480 e. The number of ether oxygens (including phenoxy) is 2. The first-order valence-corrected chi connectivity index (χ1v) is 5.16. The highest BCUT2D eigenvalue weighted by molar-refractivity contribution is 5.97. The van der Waals surface area contributed by atoms with Crippen LogP contribution in [-0.2, 0) is 4.79 Å². The summed E-state index contributed by atoms with van der Waals surface area (Å²) in [6.07, 6.45) is 0. The number of carboxylic acids is 1. The fourth-order valence-electron chi connectivity index (χ4n) is 1.46. The van der Waals surface area contributed by atoms with E-state index in [9.17, 15) is 9.59 Å². The van der Waals surface area contributed by atoms with Crippen molar-refractivity contribution in [1.29, 1.82) is 0 Å². The van der Waals surface area contributed by atoms with Gasteiger partial charge in [-0.3, -0.25) is 4.79 Å². The summed E-state index contributed by atoms with van der Waals surface area (Å²) in [6.45, 7) is -0.583. The molecule has 0 saturated heterocycles. The normalized spacial score (nSPS) is 14.1. The number of carbonyl (C=O) groups is 2. The van der Waals surface area contributed by atoms with Gasteiger partial charge in [0.2, 0.25) is 6.79 Å². The van der Waals surface area contributed by atoms with Crippen LogP contribution >= 0.6 is 0 Å². The summed E-state index contributed by atoms with van der Waals surface area (Å²) in [6, 6.07) is 3.17. The fourth-order valence-corrected chi connectivity index (χ4v) is 1.46. The molecule has 0 fully saturated rings. The molecule has 1 unspecified atom stereocenters. The number of aliphatic hydroxyl groups is 1. The summed E-state index contributed by atoms with van der Waals surface area (Å²) in [5.74, 6) is -0.941. The van der Waals surface area contributed by atoms with Gasteiger partial charge in [-0.1, -0.05) is 0 Å². The second-order valence-corrected chi connectivity index (χ2v) is 3.61. The number of benzene rings is 1. The topological polar surface area (TPSA) is 105 Å². The Balaban J connectivity index is 2.12. The lowest BCUT2D eigenvalue weighted by molar-refractivity contribution is -0.140. The minimum absolute atomic E-state index is 0.0921. The molecule has 0 radical (unpaired) electrons. The molecular formula is C11H11NO6. The van der Waals surface area contributed by atoms with Gasteiger partial charge in [0.1, 0.15) is 0 Å². The van der Waals surface area contributed by atoms with Gasteiger partial charge in [-0.15, -0.1) is 0 Å². The Bertz CT molecular complexity index is 486. The molecule has 1 atom stereocenters. The quantitative estimate of drug-likeness (QED) is 0.673. The molecule has 96 valence electrons. The maximum absolute atomic E-state index is 11.7. The number of hydrogen-bond acceptors (Lipinski definition) is 5. The average molecular weight is 253 g/mol. The van der Waals surface area contributed by atoms with Gasteiger partial charge in [0.15, 0.2) is 17.5 Å². The molecule has 7 heteroatoms. The summed E-state index contributed by atoms with van der Waals surface area (Å²) in [5.41, 5.74) is 0.235. The highest BCUT2D eigenvalue weighted by Crippen LogP contribution is 2.32. The molecule has 0 aromatic heterocycles. The highest BCUT2D eigenvalue weighted by atomic mass is 16.7. The number of amides is 1. The Morgan fingerprint density at radius 2 is 2.06 bits per heavy atom. The van der Waals surface area contributed by atoms with Gasteiger partial charge < -0.3 is 25.0 Å². The second kappa shape index (κ2) is 4.92. The third-order valence-corrected chi connectivity index (χ3v) is 2.42. The molecule has 0 saturated carbocycles. The summed E-state index contributed by atoms with van der Waals surface area (Å²) < 4.78 is 10.2. The molecule has 2 rings (SSSR count). The molecule has 3 N–H and O–H groups in total. The first-order valence-electron chi connectivity index (χ1n) is 5.16. The molecule has 0 bridgehead atoms. The molecule has 1 aromatic rings. The lowest BCUT2D eigenvalue weighted by Gasteiger charge is -2.11. The van der Waals surface area contributed by atoms with Crippen LogP contribution in [0.5, 0.6) is 11.5 Å². The van der Waals surface area contributed by atoms with Crippen molar-refractivity contribution < 1.29 is 29.3 Å². The van der Waals surface area contributed by atoms with E-state index in [0.29, 0.717) is 11.5 Å². The molecule has 1 aliphatic rings. The number of carboxylic acid groups (broad SMARTS) is 1. The van der Waals surface area contributed by atoms with Crippen molar-refractivity contribution in [2.75, 3.05) is 13.4 Å². The van der Waals surface area contributed by atoms with Crippen molar-refractivity contribution in [2.45, 2.75) is 6.04 Å². The van der Waals surface area contributed by atoms with Gasteiger partial charge in [-0.05, 0) is 18.2 Å². The zero-order valence-electron chi connectivity index (χ0n) is 9.25. The predicted molar refractivity (Wildman–Crippen MR) is 58.5 cm³/mol. The summed E-state index contributed by atoms with van der Waals surface area (Å²) in [7, 11) is 0. The van der Waals surface area contributed by atoms with Gasteiger partial charge in [-0.2, -0.15) is 0 Å². The van der Waals surface area contributed by atoms with Gasteiger partial charge in [0, 0.05) is 5.56 Å². The number of fused-ring (bicyclic) bond motifs is 1. The van der Waals surface area contributed by atoms with E-state index in [1.165, 1.54) is 12.1 Å². The van der Waals surface area contributed by atoms with Gasteiger partial charge in [0.05, 0.1) is 6.61 Å². The lowest BCUT2D eigenvalue weighted by atomic mass is 10.1. The fraction of sp³-hybridized carbons (Fsp3) is 0.273. The van der Waals surface area contributed by atoms with Gasteiger partial charge in [0.25, 0.3) is 5.91 Å². The molecule has 18 heavy (non-hydrogen) atoms. The minimum Gasteiger partial charge on any atom is -0.480 e. The Morgan fingerprint density at radius 3 is 2.72 bits per heavy atom. The van der Waals surface area contributed by atoms with Crippen LogP contribution in [0.25, 0.3) is 0 Å². The van der Waals surface area contributed by atoms with E-state index in [2.05, 4.69) is 5.32 Å². The molecule has 1 aromatic carbocycles. The Kier molecular flexibility index (Phi) is 3.33. The van der Waals surface area contributed by atoms with E-state index < -0.39 is 24.5 Å². The Labute approximate surface area is 102 Å². The number of aliphatic carboxylic acids is 1. The number of rotatable bonds is 4. The number of hydrogen-bond donors (Lipinski definition) is 3. The van der Waals surface area contributed by atoms with Crippen LogP contribution < -0.4 is 14.8 Å². The molecule has 7 nitrogen and oxygen atoms in total. The number of carbonyl (C=O) groups excluding carboxylic acids is 1. The minimum atomic E-state index is -1.33. The van der Waals surface area contributed by atoms with E-state index in [1.807, 2.05) is 0 Å². The first kappa shape index (κ1) is 12.2. The molecule has 0 spiro atoms. The SMILES string of the molecule is O=C(NC(CO)C(=O)O)c1ccc2c(c1)OCO2. The van der Waals surface area contributed by atoms with Gasteiger partial charge in [-0.25, -0.2) is 4.79 Å². The molecule has 1 amide bonds. The lowest BCUT2D eigenvalue weighted by Crippen LogP contribution is -2.43. The van der Waals surface area contributed by atoms with Crippen LogP contribution in [0, 0.1) is 0 Å². The maximum atomic E-state index is 11.7. The monoisotopic (exact) mass is 253 g/mol. The average Bonchev–Trinajstić information content (AvgIpc) is 2.82. The first-order chi connectivity index (χ1) is 8.61. The van der Waals surface area contributed by atoms with Crippen LogP contribution in [0.3, 0.4) is 0 Å². The Hall–Kier alpha value is -2.28. The van der Waals surface area contributed by atoms with Crippen molar-refractivity contribution in [3.8, 4) is 11.5 Å². The third-order valence-electron chi connectivity index (χ3n) is 2.42. The zero-order chi connectivity index (χ0) is 13.1. The number of nitrogens with one attached hydrogen (secondary N) is 1. The highest BCUT2D eigenvalue weighted by Gasteiger charge is 2.21. The maximum Gasteiger partial charge on any atom is 0.328 e.